The molecule has 0 aromatic heterocycles. The molecule has 3 heteroatoms. The molecule has 0 amide bonds. The molecule has 17 heavy (non-hydrogen) atoms. The van der Waals surface area contributed by atoms with E-state index in [1.165, 1.54) is 21.7 Å². The Balaban J connectivity index is 2.42. The van der Waals surface area contributed by atoms with Crippen molar-refractivity contribution in [3.05, 3.63) is 23.3 Å². The van der Waals surface area contributed by atoms with Crippen LogP contribution in [0.25, 0.3) is 0 Å². The number of nitrogens with one attached hydrogen (secondary N) is 1. The summed E-state index contributed by atoms with van der Waals surface area (Å²) in [6, 6.07) is 5.08. The zero-order valence-electron chi connectivity index (χ0n) is 11.4. The van der Waals surface area contributed by atoms with Crippen molar-refractivity contribution in [2.24, 2.45) is 0 Å². The molecule has 2 nitrogen and oxygen atoms in total. The van der Waals surface area contributed by atoms with Crippen LogP contribution in [0.2, 0.25) is 0 Å². The fraction of sp³-hybridized carbons (Fsp3) is 0.571. The second-order valence-electron chi connectivity index (χ2n) is 4.92. The van der Waals surface area contributed by atoms with Crippen LogP contribution in [0.3, 0.4) is 0 Å². The van der Waals surface area contributed by atoms with Crippen LogP contribution in [0.4, 0.5) is 5.69 Å². The molecule has 2 atom stereocenters. The van der Waals surface area contributed by atoms with Gasteiger partial charge in [-0.05, 0) is 45.0 Å². The number of aryl methyl sites for hydroxylation is 1. The van der Waals surface area contributed by atoms with E-state index in [0.717, 1.165) is 6.54 Å². The molecule has 0 fully saturated rings. The molecule has 1 aromatic carbocycles. The highest BCUT2D eigenvalue weighted by Crippen LogP contribution is 2.43. The van der Waals surface area contributed by atoms with Gasteiger partial charge >= 0.3 is 0 Å². The molecule has 0 aliphatic carbocycles. The molecular formula is C14H22N2S. The number of nitrogens with zero attached hydrogens (tertiary/aromatic N) is 1. The average molecular weight is 250 g/mol. The molecule has 1 aliphatic rings. The Hall–Kier alpha value is -0.670. The van der Waals surface area contributed by atoms with Crippen molar-refractivity contribution in [1.82, 2.24) is 5.32 Å². The van der Waals surface area contributed by atoms with Crippen LogP contribution in [0.5, 0.6) is 0 Å². The maximum absolute atomic E-state index is 3.30. The minimum Gasteiger partial charge on any atom is -0.370 e. The van der Waals surface area contributed by atoms with Crippen molar-refractivity contribution in [3.8, 4) is 0 Å². The Morgan fingerprint density at radius 3 is 2.71 bits per heavy atom. The van der Waals surface area contributed by atoms with Crippen molar-refractivity contribution >= 4 is 17.4 Å². The molecule has 94 valence electrons. The van der Waals surface area contributed by atoms with Gasteiger partial charge in [-0.25, -0.2) is 0 Å². The summed E-state index contributed by atoms with van der Waals surface area (Å²) < 4.78 is 0. The first kappa shape index (κ1) is 12.8. The van der Waals surface area contributed by atoms with E-state index in [4.69, 9.17) is 0 Å². The topological polar surface area (TPSA) is 15.3 Å². The van der Waals surface area contributed by atoms with Gasteiger partial charge in [0.15, 0.2) is 0 Å². The third-order valence-corrected chi connectivity index (χ3v) is 5.30. The van der Waals surface area contributed by atoms with E-state index in [-0.39, 0.29) is 0 Å². The number of hydrogen-bond acceptors (Lipinski definition) is 3. The van der Waals surface area contributed by atoms with Crippen LogP contribution < -0.4 is 10.2 Å². The Morgan fingerprint density at radius 2 is 2.06 bits per heavy atom. The van der Waals surface area contributed by atoms with Gasteiger partial charge in [0.25, 0.3) is 0 Å². The van der Waals surface area contributed by atoms with Crippen LogP contribution in [-0.2, 0) is 0 Å². The fourth-order valence-corrected chi connectivity index (χ4v) is 3.95. The van der Waals surface area contributed by atoms with E-state index in [1.807, 2.05) is 18.8 Å². The van der Waals surface area contributed by atoms with Crippen molar-refractivity contribution < 1.29 is 0 Å². The highest BCUT2D eigenvalue weighted by Gasteiger charge is 2.30. The first-order valence-electron chi connectivity index (χ1n) is 6.20. The summed E-state index contributed by atoms with van der Waals surface area (Å²) in [7, 11) is 4.25. The number of anilines is 1. The summed E-state index contributed by atoms with van der Waals surface area (Å²) in [4.78, 5) is 3.87. The van der Waals surface area contributed by atoms with Gasteiger partial charge in [0.2, 0.25) is 0 Å². The molecule has 0 bridgehead atoms. The monoisotopic (exact) mass is 250 g/mol. The van der Waals surface area contributed by atoms with E-state index in [0.29, 0.717) is 11.3 Å². The van der Waals surface area contributed by atoms with Gasteiger partial charge in [-0.1, -0.05) is 6.07 Å². The SMILES string of the molecule is CNCC1Sc2ccc(C)c(C)c2N(C)C1C. The van der Waals surface area contributed by atoms with Gasteiger partial charge in [-0.2, -0.15) is 0 Å². The van der Waals surface area contributed by atoms with Gasteiger partial charge in [-0.3, -0.25) is 0 Å². The summed E-state index contributed by atoms with van der Waals surface area (Å²) in [5.41, 5.74) is 4.23. The maximum atomic E-state index is 3.30. The minimum atomic E-state index is 0.570. The third-order valence-electron chi connectivity index (χ3n) is 3.85. The Kier molecular flexibility index (Phi) is 3.69. The number of rotatable bonds is 2. The summed E-state index contributed by atoms with van der Waals surface area (Å²) in [5, 5.41) is 3.92. The van der Waals surface area contributed by atoms with Crippen LogP contribution in [0, 0.1) is 13.8 Å². The summed E-state index contributed by atoms with van der Waals surface area (Å²) in [5.74, 6) is 0. The molecule has 2 rings (SSSR count). The Bertz CT molecular complexity index is 417. The number of thioether (sulfide) groups is 1. The van der Waals surface area contributed by atoms with Gasteiger partial charge in [-0.15, -0.1) is 11.8 Å². The van der Waals surface area contributed by atoms with Crippen LogP contribution >= 0.6 is 11.8 Å². The fourth-order valence-electron chi connectivity index (χ4n) is 2.44. The van der Waals surface area contributed by atoms with Crippen LogP contribution in [-0.4, -0.2) is 31.9 Å². The lowest BCUT2D eigenvalue weighted by molar-refractivity contribution is 0.601. The highest BCUT2D eigenvalue weighted by molar-refractivity contribution is 8.00. The lowest BCUT2D eigenvalue weighted by Crippen LogP contribution is -2.45. The normalized spacial score (nSPS) is 23.7. The van der Waals surface area contributed by atoms with E-state index in [1.54, 1.807) is 0 Å². The average Bonchev–Trinajstić information content (AvgIpc) is 2.30. The standard InChI is InChI=1S/C14H22N2S/c1-9-6-7-12-14(10(9)2)16(5)11(3)13(17-12)8-15-4/h6-7,11,13,15H,8H2,1-5H3. The molecule has 0 saturated carbocycles. The van der Waals surface area contributed by atoms with E-state index in [9.17, 15) is 0 Å². The smallest absolute Gasteiger partial charge is 0.0537 e. The van der Waals surface area contributed by atoms with E-state index in [2.05, 4.69) is 50.2 Å². The van der Waals surface area contributed by atoms with Gasteiger partial charge in [0.1, 0.15) is 0 Å². The maximum Gasteiger partial charge on any atom is 0.0537 e. The van der Waals surface area contributed by atoms with E-state index < -0.39 is 0 Å². The molecule has 0 saturated heterocycles. The quantitative estimate of drug-likeness (QED) is 0.869. The predicted octanol–water partition coefficient (Wildman–Crippen LogP) is 2.82. The molecule has 1 N–H and O–H groups in total. The second-order valence-corrected chi connectivity index (χ2v) is 6.20. The zero-order chi connectivity index (χ0) is 12.6. The molecule has 0 radical (unpaired) electrons. The lowest BCUT2D eigenvalue weighted by atomic mass is 10.0. The number of hydrogen-bond donors (Lipinski definition) is 1. The summed E-state index contributed by atoms with van der Waals surface area (Å²) in [6.07, 6.45) is 0. The highest BCUT2D eigenvalue weighted by atomic mass is 32.2. The first-order chi connectivity index (χ1) is 8.06. The lowest BCUT2D eigenvalue weighted by Gasteiger charge is -2.40. The van der Waals surface area contributed by atoms with Crippen LogP contribution in [0.15, 0.2) is 17.0 Å². The van der Waals surface area contributed by atoms with Crippen molar-refractivity contribution in [1.29, 1.82) is 0 Å². The van der Waals surface area contributed by atoms with E-state index >= 15 is 0 Å². The van der Waals surface area contributed by atoms with Crippen molar-refractivity contribution in [3.63, 3.8) is 0 Å². The molecule has 2 unspecified atom stereocenters. The number of fused-ring (bicyclic) bond motifs is 1. The first-order valence-corrected chi connectivity index (χ1v) is 7.08. The van der Waals surface area contributed by atoms with Gasteiger partial charge in [0, 0.05) is 29.8 Å². The molecule has 1 aliphatic heterocycles. The third kappa shape index (κ3) is 2.18. The van der Waals surface area contributed by atoms with Crippen molar-refractivity contribution in [2.75, 3.05) is 25.5 Å². The molecule has 1 heterocycles. The summed E-state index contributed by atoms with van der Waals surface area (Å²) >= 11 is 2.01. The minimum absolute atomic E-state index is 0.570. The van der Waals surface area contributed by atoms with Crippen molar-refractivity contribution in [2.45, 2.75) is 37.0 Å². The Labute approximate surface area is 109 Å². The van der Waals surface area contributed by atoms with Gasteiger partial charge in [0.05, 0.1) is 5.69 Å². The second kappa shape index (κ2) is 4.91. The molecule has 1 aromatic rings. The molecular weight excluding hydrogens is 228 g/mol. The summed E-state index contributed by atoms with van der Waals surface area (Å²) in [6.45, 7) is 7.80. The largest absolute Gasteiger partial charge is 0.370 e. The predicted molar refractivity (Wildman–Crippen MR) is 77.4 cm³/mol. The number of benzene rings is 1. The zero-order valence-corrected chi connectivity index (χ0v) is 12.2. The molecule has 0 spiro atoms. The van der Waals surface area contributed by atoms with Crippen LogP contribution in [0.1, 0.15) is 18.1 Å². The van der Waals surface area contributed by atoms with Gasteiger partial charge < -0.3 is 10.2 Å². The Morgan fingerprint density at radius 1 is 1.35 bits per heavy atom.